The summed E-state index contributed by atoms with van der Waals surface area (Å²) in [6, 6.07) is 4.10. The molecule has 1 aromatic heterocycles. The zero-order chi connectivity index (χ0) is 18.6. The van der Waals surface area contributed by atoms with E-state index < -0.39 is 30.1 Å². The highest BCUT2D eigenvalue weighted by Crippen LogP contribution is 2.37. The molecule has 0 radical (unpaired) electrons. The number of pyridine rings is 1. The van der Waals surface area contributed by atoms with Crippen molar-refractivity contribution in [3.05, 3.63) is 34.7 Å². The van der Waals surface area contributed by atoms with E-state index in [1.807, 2.05) is 27.7 Å². The molecule has 2 heterocycles. The predicted octanol–water partition coefficient (Wildman–Crippen LogP) is 3.11. The van der Waals surface area contributed by atoms with E-state index in [9.17, 15) is 9.18 Å². The molecule has 0 N–H and O–H groups in total. The molecule has 0 aliphatic carbocycles. The summed E-state index contributed by atoms with van der Waals surface area (Å²) in [5.41, 5.74) is -0.429. The first-order chi connectivity index (χ1) is 11.6. The highest BCUT2D eigenvalue weighted by atomic mass is 35.5. The van der Waals surface area contributed by atoms with Crippen molar-refractivity contribution in [1.82, 2.24) is 4.98 Å². The topological polar surface area (TPSA) is 57.7 Å². The summed E-state index contributed by atoms with van der Waals surface area (Å²) in [6.45, 7) is 7.66. The number of halogens is 2. The molecule has 1 saturated heterocycles. The van der Waals surface area contributed by atoms with Gasteiger partial charge in [-0.25, -0.2) is 14.2 Å². The summed E-state index contributed by atoms with van der Waals surface area (Å²) in [5, 5.41) is 0.183. The van der Waals surface area contributed by atoms with Gasteiger partial charge < -0.3 is 14.0 Å². The quantitative estimate of drug-likeness (QED) is 0.604. The lowest BCUT2D eigenvalue weighted by Gasteiger charge is -2.32. The molecular formula is C17H18BClFNO4. The van der Waals surface area contributed by atoms with Crippen LogP contribution in [0.25, 0.3) is 10.9 Å². The van der Waals surface area contributed by atoms with Crippen molar-refractivity contribution in [1.29, 1.82) is 0 Å². The Kier molecular flexibility index (Phi) is 4.30. The van der Waals surface area contributed by atoms with Crippen LogP contribution in [-0.2, 0) is 14.0 Å². The van der Waals surface area contributed by atoms with Crippen molar-refractivity contribution in [2.24, 2.45) is 0 Å². The number of benzene rings is 1. The van der Waals surface area contributed by atoms with Gasteiger partial charge in [0.15, 0.2) is 5.69 Å². The van der Waals surface area contributed by atoms with Gasteiger partial charge in [-0.1, -0.05) is 17.7 Å². The Morgan fingerprint density at radius 2 is 1.84 bits per heavy atom. The maximum Gasteiger partial charge on any atom is 0.497 e. The molecule has 0 spiro atoms. The second-order valence-electron chi connectivity index (χ2n) is 6.93. The number of nitrogens with zero attached hydrogens (tertiary/aromatic N) is 1. The smallest absolute Gasteiger partial charge is 0.464 e. The molecule has 2 aromatic rings. The largest absolute Gasteiger partial charge is 0.497 e. The van der Waals surface area contributed by atoms with Crippen molar-refractivity contribution < 1.29 is 23.2 Å². The van der Waals surface area contributed by atoms with E-state index in [2.05, 4.69) is 9.72 Å². The van der Waals surface area contributed by atoms with Crippen LogP contribution in [0.3, 0.4) is 0 Å². The first-order valence-electron chi connectivity index (χ1n) is 7.80. The molecular weight excluding hydrogens is 347 g/mol. The van der Waals surface area contributed by atoms with E-state index >= 15 is 0 Å². The Morgan fingerprint density at radius 3 is 2.40 bits per heavy atom. The van der Waals surface area contributed by atoms with Gasteiger partial charge in [-0.05, 0) is 39.8 Å². The molecule has 3 rings (SSSR count). The Labute approximate surface area is 150 Å². The third kappa shape index (κ3) is 2.90. The van der Waals surface area contributed by atoms with Crippen LogP contribution in [-0.4, -0.2) is 36.4 Å². The van der Waals surface area contributed by atoms with Crippen LogP contribution < -0.4 is 5.46 Å². The van der Waals surface area contributed by atoms with Crippen LogP contribution in [0.2, 0.25) is 5.02 Å². The molecule has 0 bridgehead atoms. The number of carbonyl (C=O) groups is 1. The maximum absolute atomic E-state index is 14.3. The van der Waals surface area contributed by atoms with E-state index in [-0.39, 0.29) is 21.6 Å². The molecule has 0 atom stereocenters. The number of ether oxygens (including phenoxy) is 1. The molecule has 5 nitrogen and oxygen atoms in total. The fourth-order valence-corrected chi connectivity index (χ4v) is 2.93. The molecule has 132 valence electrons. The van der Waals surface area contributed by atoms with Gasteiger partial charge in [0.25, 0.3) is 0 Å². The maximum atomic E-state index is 14.3. The van der Waals surface area contributed by atoms with Crippen molar-refractivity contribution in [3.8, 4) is 0 Å². The Hall–Kier alpha value is -1.70. The average molecular weight is 366 g/mol. The monoisotopic (exact) mass is 365 g/mol. The molecule has 1 aliphatic heterocycles. The second-order valence-corrected chi connectivity index (χ2v) is 7.34. The van der Waals surface area contributed by atoms with Gasteiger partial charge >= 0.3 is 13.1 Å². The van der Waals surface area contributed by atoms with Gasteiger partial charge in [0.05, 0.1) is 34.2 Å². The summed E-state index contributed by atoms with van der Waals surface area (Å²) in [4.78, 5) is 16.1. The first-order valence-corrected chi connectivity index (χ1v) is 8.18. The van der Waals surface area contributed by atoms with Crippen LogP contribution in [0.15, 0.2) is 18.2 Å². The SMILES string of the molecule is COC(=O)c1cc(Cl)c2c(F)ccc(B3OC(C)(C)C(C)(C)O3)c2n1. The third-order valence-electron chi connectivity index (χ3n) is 4.79. The van der Waals surface area contributed by atoms with Gasteiger partial charge in [-0.3, -0.25) is 0 Å². The van der Waals surface area contributed by atoms with Crippen LogP contribution in [0.5, 0.6) is 0 Å². The predicted molar refractivity (Wildman–Crippen MR) is 93.8 cm³/mol. The van der Waals surface area contributed by atoms with Gasteiger partial charge in [0, 0.05) is 5.46 Å². The Morgan fingerprint density at radius 1 is 1.24 bits per heavy atom. The highest BCUT2D eigenvalue weighted by Gasteiger charge is 2.52. The molecule has 25 heavy (non-hydrogen) atoms. The minimum Gasteiger partial charge on any atom is -0.464 e. The summed E-state index contributed by atoms with van der Waals surface area (Å²) in [6.07, 6.45) is 0. The van der Waals surface area contributed by atoms with Gasteiger partial charge in [-0.15, -0.1) is 0 Å². The average Bonchev–Trinajstić information content (AvgIpc) is 2.74. The first kappa shape index (κ1) is 18.1. The van der Waals surface area contributed by atoms with Crippen LogP contribution in [0.4, 0.5) is 4.39 Å². The minimum absolute atomic E-state index is 0.0108. The molecule has 0 amide bonds. The highest BCUT2D eigenvalue weighted by molar-refractivity contribution is 6.65. The van der Waals surface area contributed by atoms with E-state index in [0.29, 0.717) is 5.46 Å². The van der Waals surface area contributed by atoms with Crippen LogP contribution in [0.1, 0.15) is 38.2 Å². The van der Waals surface area contributed by atoms with E-state index in [1.165, 1.54) is 25.3 Å². The number of carbonyl (C=O) groups excluding carboxylic acids is 1. The van der Waals surface area contributed by atoms with Crippen LogP contribution >= 0.6 is 11.6 Å². The fourth-order valence-electron chi connectivity index (χ4n) is 2.64. The summed E-state index contributed by atoms with van der Waals surface area (Å²) >= 11 is 6.19. The number of hydrogen-bond donors (Lipinski definition) is 0. The van der Waals surface area contributed by atoms with E-state index in [1.54, 1.807) is 0 Å². The molecule has 0 unspecified atom stereocenters. The Bertz CT molecular complexity index is 855. The van der Waals surface area contributed by atoms with Crippen molar-refractivity contribution in [2.45, 2.75) is 38.9 Å². The number of esters is 1. The van der Waals surface area contributed by atoms with Crippen LogP contribution in [0, 0.1) is 5.82 Å². The third-order valence-corrected chi connectivity index (χ3v) is 5.09. The van der Waals surface area contributed by atoms with E-state index in [4.69, 9.17) is 20.9 Å². The minimum atomic E-state index is -0.760. The lowest BCUT2D eigenvalue weighted by molar-refractivity contribution is 0.00578. The summed E-state index contributed by atoms with van der Waals surface area (Å²) < 4.78 is 31.0. The van der Waals surface area contributed by atoms with Gasteiger partial charge in [0.1, 0.15) is 5.82 Å². The molecule has 1 aromatic carbocycles. The lowest BCUT2D eigenvalue weighted by Crippen LogP contribution is -2.41. The second kappa shape index (κ2) is 5.93. The van der Waals surface area contributed by atoms with Gasteiger partial charge in [-0.2, -0.15) is 0 Å². The van der Waals surface area contributed by atoms with Crippen molar-refractivity contribution >= 4 is 41.1 Å². The standard InChI is InChI=1S/C17H18BClFNO4/c1-16(2)17(3,4)25-18(24-16)9-6-7-11(20)13-10(19)8-12(15(22)23-5)21-14(9)13/h6-8H,1-5H3. The van der Waals surface area contributed by atoms with E-state index in [0.717, 1.165) is 0 Å². The molecule has 1 aliphatic rings. The summed E-state index contributed by atoms with van der Waals surface area (Å²) in [5.74, 6) is -1.20. The number of aromatic nitrogens is 1. The molecule has 0 saturated carbocycles. The zero-order valence-electron chi connectivity index (χ0n) is 14.6. The molecule has 1 fully saturated rings. The summed E-state index contributed by atoms with van der Waals surface area (Å²) in [7, 11) is 0.479. The van der Waals surface area contributed by atoms with Gasteiger partial charge in [0.2, 0.25) is 0 Å². The Balaban J connectivity index is 2.21. The zero-order valence-corrected chi connectivity index (χ0v) is 15.4. The normalized spacial score (nSPS) is 18.6. The number of methoxy groups -OCH3 is 1. The molecule has 8 heteroatoms. The van der Waals surface area contributed by atoms with Crippen molar-refractivity contribution in [3.63, 3.8) is 0 Å². The number of hydrogen-bond acceptors (Lipinski definition) is 5. The lowest BCUT2D eigenvalue weighted by atomic mass is 9.77. The number of fused-ring (bicyclic) bond motifs is 1. The van der Waals surface area contributed by atoms with Crippen molar-refractivity contribution in [2.75, 3.05) is 7.11 Å². The fraction of sp³-hybridized carbons (Fsp3) is 0.412. The number of rotatable bonds is 2.